The SMILES string of the molecule is CCCCCCCCCCCCCC(=O)O[C@H](COC(=O)CCCCCCCCC(C)CC)COP(=O)(O)OC[C@H](O)COP(=O)(O)OC[C@@H](COC(=O)CCCCCCCCCCCCCCC(C)C)OC(=O)CCCCCCCCCCCCCCCCC(C)C. The van der Waals surface area contributed by atoms with Crippen LogP contribution in [0.2, 0.25) is 0 Å². The molecule has 0 aliphatic carbocycles. The van der Waals surface area contributed by atoms with E-state index in [1.165, 1.54) is 180 Å². The van der Waals surface area contributed by atoms with Crippen LogP contribution in [0.5, 0.6) is 0 Å². The molecule has 0 aromatic carbocycles. The van der Waals surface area contributed by atoms with Crippen molar-refractivity contribution in [2.24, 2.45) is 17.8 Å². The maximum Gasteiger partial charge on any atom is 0.472 e. The van der Waals surface area contributed by atoms with Crippen molar-refractivity contribution in [3.05, 3.63) is 0 Å². The molecule has 0 rings (SSSR count). The van der Waals surface area contributed by atoms with Gasteiger partial charge in [-0.15, -0.1) is 0 Å². The summed E-state index contributed by atoms with van der Waals surface area (Å²) in [6.45, 7) is 11.9. The third-order valence-electron chi connectivity index (χ3n) is 17.5. The van der Waals surface area contributed by atoms with Crippen LogP contribution in [0.15, 0.2) is 0 Å². The summed E-state index contributed by atoms with van der Waals surface area (Å²) in [4.78, 5) is 72.7. The summed E-state index contributed by atoms with van der Waals surface area (Å²) in [6.07, 6.45) is 49.9. The van der Waals surface area contributed by atoms with Gasteiger partial charge in [0.25, 0.3) is 0 Å². The molecule has 0 aliphatic heterocycles. The van der Waals surface area contributed by atoms with Gasteiger partial charge in [-0.3, -0.25) is 37.3 Å². The summed E-state index contributed by atoms with van der Waals surface area (Å²) in [6, 6.07) is 0. The van der Waals surface area contributed by atoms with E-state index in [9.17, 15) is 43.2 Å². The first-order valence-corrected chi connectivity index (χ1v) is 41.4. The topological polar surface area (TPSA) is 237 Å². The van der Waals surface area contributed by atoms with E-state index in [4.69, 9.17) is 37.0 Å². The summed E-state index contributed by atoms with van der Waals surface area (Å²) in [5.41, 5.74) is 0. The third kappa shape index (κ3) is 67.0. The van der Waals surface area contributed by atoms with E-state index in [0.29, 0.717) is 25.7 Å². The molecule has 0 radical (unpaired) electrons. The number of carbonyl (C=O) groups is 4. The van der Waals surface area contributed by atoms with Crippen molar-refractivity contribution in [1.82, 2.24) is 0 Å². The number of aliphatic hydroxyl groups excluding tert-OH is 1. The Balaban J connectivity index is 5.25. The van der Waals surface area contributed by atoms with Crippen LogP contribution in [0.25, 0.3) is 0 Å². The zero-order chi connectivity index (χ0) is 68.7. The first-order chi connectivity index (χ1) is 44.8. The average molecular weight is 1370 g/mol. The van der Waals surface area contributed by atoms with Crippen molar-refractivity contribution in [3.8, 4) is 0 Å². The molecular formula is C74H144O17P2. The van der Waals surface area contributed by atoms with Crippen LogP contribution in [0.3, 0.4) is 0 Å². The normalized spacial score (nSPS) is 14.4. The first kappa shape index (κ1) is 91.1. The number of aliphatic hydroxyl groups is 1. The van der Waals surface area contributed by atoms with Gasteiger partial charge >= 0.3 is 39.5 Å². The molecular weight excluding hydrogens is 1220 g/mol. The summed E-state index contributed by atoms with van der Waals surface area (Å²) >= 11 is 0. The zero-order valence-corrected chi connectivity index (χ0v) is 62.5. The van der Waals surface area contributed by atoms with E-state index in [2.05, 4.69) is 48.5 Å². The van der Waals surface area contributed by atoms with Gasteiger partial charge < -0.3 is 33.8 Å². The number of phosphoric ester groups is 2. The maximum absolute atomic E-state index is 13.1. The second kappa shape index (κ2) is 64.7. The molecule has 0 spiro atoms. The lowest BCUT2D eigenvalue weighted by Crippen LogP contribution is -2.30. The standard InChI is InChI=1S/C74H144O17P2/c1-8-10-11-12-13-14-21-29-34-43-50-57-73(78)91-70(62-85-72(77)56-49-42-37-36-40-47-54-67(7)9-2)64-89-93(82,83)87-60-68(75)59-86-92(80,81)88-63-69(61-84-71(76)55-48-41-33-28-24-20-19-23-27-32-39-46-53-66(5)6)90-74(79)58-51-44-35-30-25-18-16-15-17-22-26-31-38-45-52-65(3)4/h65-70,75H,8-64H2,1-7H3,(H,80,81)(H,82,83)/t67?,68-,69-,70-/m1/s1. The second-order valence-corrected chi connectivity index (χ2v) is 30.8. The Kier molecular flexibility index (Phi) is 63.4. The molecule has 0 saturated heterocycles. The van der Waals surface area contributed by atoms with Crippen LogP contribution in [0.4, 0.5) is 0 Å². The van der Waals surface area contributed by atoms with Crippen LogP contribution < -0.4 is 0 Å². The average Bonchev–Trinajstić information content (AvgIpc) is 1.74. The number of phosphoric acid groups is 2. The zero-order valence-electron chi connectivity index (χ0n) is 60.7. The molecule has 0 heterocycles. The van der Waals surface area contributed by atoms with E-state index in [0.717, 1.165) is 114 Å². The summed E-state index contributed by atoms with van der Waals surface area (Å²) < 4.78 is 68.4. The highest BCUT2D eigenvalue weighted by Gasteiger charge is 2.30. The van der Waals surface area contributed by atoms with E-state index in [1.54, 1.807) is 0 Å². The molecule has 3 N–H and O–H groups in total. The molecule has 0 bridgehead atoms. The Morgan fingerprint density at radius 3 is 0.817 bits per heavy atom. The molecule has 0 fully saturated rings. The van der Waals surface area contributed by atoms with Crippen molar-refractivity contribution in [3.63, 3.8) is 0 Å². The third-order valence-corrected chi connectivity index (χ3v) is 19.4. The Hall–Kier alpha value is -1.94. The van der Waals surface area contributed by atoms with Gasteiger partial charge in [-0.2, -0.15) is 0 Å². The fourth-order valence-corrected chi connectivity index (χ4v) is 12.8. The van der Waals surface area contributed by atoms with E-state index >= 15 is 0 Å². The Morgan fingerprint density at radius 2 is 0.548 bits per heavy atom. The predicted octanol–water partition coefficient (Wildman–Crippen LogP) is 21.4. The minimum absolute atomic E-state index is 0.106. The van der Waals surface area contributed by atoms with E-state index in [1.807, 2.05) is 0 Å². The molecule has 0 aliphatic rings. The monoisotopic (exact) mass is 1370 g/mol. The fourth-order valence-electron chi connectivity index (χ4n) is 11.2. The molecule has 0 saturated carbocycles. The molecule has 552 valence electrons. The lowest BCUT2D eigenvalue weighted by atomic mass is 10.00. The van der Waals surface area contributed by atoms with Crippen LogP contribution in [-0.4, -0.2) is 96.7 Å². The van der Waals surface area contributed by atoms with Crippen molar-refractivity contribution in [2.45, 2.75) is 394 Å². The van der Waals surface area contributed by atoms with Crippen molar-refractivity contribution in [2.75, 3.05) is 39.6 Å². The van der Waals surface area contributed by atoms with Crippen LogP contribution in [-0.2, 0) is 65.4 Å². The highest BCUT2D eigenvalue weighted by Crippen LogP contribution is 2.45. The molecule has 3 unspecified atom stereocenters. The number of unbranched alkanes of at least 4 members (excludes halogenated alkanes) is 39. The number of carbonyl (C=O) groups excluding carboxylic acids is 4. The molecule has 93 heavy (non-hydrogen) atoms. The van der Waals surface area contributed by atoms with Crippen molar-refractivity contribution >= 4 is 39.5 Å². The minimum atomic E-state index is -4.96. The van der Waals surface area contributed by atoms with Gasteiger partial charge in [-0.1, -0.05) is 325 Å². The van der Waals surface area contributed by atoms with Gasteiger partial charge in [-0.25, -0.2) is 9.13 Å². The number of rotatable bonds is 72. The predicted molar refractivity (Wildman–Crippen MR) is 377 cm³/mol. The number of esters is 4. The van der Waals surface area contributed by atoms with E-state index < -0.39 is 97.5 Å². The Morgan fingerprint density at radius 1 is 0.312 bits per heavy atom. The van der Waals surface area contributed by atoms with Gasteiger partial charge in [0.2, 0.25) is 0 Å². The molecule has 0 aromatic rings. The lowest BCUT2D eigenvalue weighted by molar-refractivity contribution is -0.161. The quantitative estimate of drug-likeness (QED) is 0.0222. The van der Waals surface area contributed by atoms with Crippen molar-refractivity contribution < 1.29 is 80.2 Å². The van der Waals surface area contributed by atoms with Gasteiger partial charge in [0, 0.05) is 25.7 Å². The highest BCUT2D eigenvalue weighted by molar-refractivity contribution is 7.47. The summed E-state index contributed by atoms with van der Waals surface area (Å²) in [5, 5.41) is 10.6. The van der Waals surface area contributed by atoms with Crippen LogP contribution in [0.1, 0.15) is 376 Å². The van der Waals surface area contributed by atoms with Gasteiger partial charge in [0.05, 0.1) is 26.4 Å². The van der Waals surface area contributed by atoms with Crippen molar-refractivity contribution in [1.29, 1.82) is 0 Å². The Labute approximate surface area is 568 Å². The fraction of sp³-hybridized carbons (Fsp3) is 0.946. The molecule has 17 nitrogen and oxygen atoms in total. The minimum Gasteiger partial charge on any atom is -0.462 e. The van der Waals surface area contributed by atoms with Crippen LogP contribution >= 0.6 is 15.6 Å². The molecule has 6 atom stereocenters. The highest BCUT2D eigenvalue weighted by atomic mass is 31.2. The molecule has 0 aromatic heterocycles. The number of hydrogen-bond donors (Lipinski definition) is 3. The first-order valence-electron chi connectivity index (χ1n) is 38.4. The van der Waals surface area contributed by atoms with Crippen LogP contribution in [0, 0.1) is 17.8 Å². The molecule has 0 amide bonds. The smallest absolute Gasteiger partial charge is 0.462 e. The van der Waals surface area contributed by atoms with Gasteiger partial charge in [0.1, 0.15) is 19.3 Å². The summed E-state index contributed by atoms with van der Waals surface area (Å²) in [5.74, 6) is 0.188. The number of ether oxygens (including phenoxy) is 4. The maximum atomic E-state index is 13.1. The second-order valence-electron chi connectivity index (χ2n) is 27.9. The van der Waals surface area contributed by atoms with E-state index in [-0.39, 0.29) is 25.7 Å². The summed E-state index contributed by atoms with van der Waals surface area (Å²) in [7, 11) is -9.91. The Bertz CT molecular complexity index is 1820. The van der Waals surface area contributed by atoms with Gasteiger partial charge in [0.15, 0.2) is 12.2 Å². The van der Waals surface area contributed by atoms with Gasteiger partial charge in [-0.05, 0) is 43.4 Å². The molecule has 19 heteroatoms. The lowest BCUT2D eigenvalue weighted by Gasteiger charge is -2.21. The largest absolute Gasteiger partial charge is 0.472 e. The number of hydrogen-bond acceptors (Lipinski definition) is 15.